The first kappa shape index (κ1) is 17.4. The lowest BCUT2D eigenvalue weighted by Gasteiger charge is -2.18. The standard InChI is InChI=1S/C18H23N3OS2/c1-13-6-5-7-14(10-13)11-23-12-16(22)19-18-21-20-17(24-18)15-8-3-2-4-9-15/h5-7,10,15H,2-4,8-9,11-12H2,1H3,(H,19,21,22). The summed E-state index contributed by atoms with van der Waals surface area (Å²) in [6.45, 7) is 2.08. The molecular formula is C18H23N3OS2. The first-order chi connectivity index (χ1) is 11.7. The fourth-order valence-corrected chi connectivity index (χ4v) is 4.72. The Hall–Kier alpha value is -1.40. The van der Waals surface area contributed by atoms with E-state index in [4.69, 9.17) is 0 Å². The van der Waals surface area contributed by atoms with Crippen LogP contribution in [0.5, 0.6) is 0 Å². The molecular weight excluding hydrogens is 338 g/mol. The van der Waals surface area contributed by atoms with E-state index in [1.165, 1.54) is 54.6 Å². The van der Waals surface area contributed by atoms with Crippen molar-refractivity contribution in [2.45, 2.75) is 50.7 Å². The van der Waals surface area contributed by atoms with Crippen LogP contribution in [-0.2, 0) is 10.5 Å². The monoisotopic (exact) mass is 361 g/mol. The van der Waals surface area contributed by atoms with Gasteiger partial charge in [-0.3, -0.25) is 10.1 Å². The maximum Gasteiger partial charge on any atom is 0.236 e. The van der Waals surface area contributed by atoms with Crippen LogP contribution in [0.1, 0.15) is 54.2 Å². The number of anilines is 1. The molecule has 6 heteroatoms. The number of aromatic nitrogens is 2. The number of benzene rings is 1. The average molecular weight is 362 g/mol. The lowest BCUT2D eigenvalue weighted by atomic mass is 9.90. The topological polar surface area (TPSA) is 54.9 Å². The minimum Gasteiger partial charge on any atom is -0.300 e. The number of amides is 1. The van der Waals surface area contributed by atoms with Gasteiger partial charge in [-0.2, -0.15) is 0 Å². The molecule has 1 heterocycles. The predicted molar refractivity (Wildman–Crippen MR) is 102 cm³/mol. The molecule has 1 aromatic carbocycles. The SMILES string of the molecule is Cc1cccc(CSCC(=O)Nc2nnc(C3CCCCC3)s2)c1. The van der Waals surface area contributed by atoms with Gasteiger partial charge in [0.15, 0.2) is 0 Å². The van der Waals surface area contributed by atoms with E-state index in [9.17, 15) is 4.79 Å². The van der Waals surface area contributed by atoms with E-state index in [0.717, 1.165) is 10.8 Å². The highest BCUT2D eigenvalue weighted by Crippen LogP contribution is 2.35. The molecule has 2 aromatic rings. The lowest BCUT2D eigenvalue weighted by molar-refractivity contribution is -0.113. The van der Waals surface area contributed by atoms with Crippen molar-refractivity contribution in [1.29, 1.82) is 0 Å². The van der Waals surface area contributed by atoms with Crippen LogP contribution in [0.25, 0.3) is 0 Å². The molecule has 0 saturated heterocycles. The summed E-state index contributed by atoms with van der Waals surface area (Å²) in [5.41, 5.74) is 2.50. The van der Waals surface area contributed by atoms with Gasteiger partial charge in [-0.05, 0) is 25.3 Å². The summed E-state index contributed by atoms with van der Waals surface area (Å²) in [5, 5.41) is 13.0. The van der Waals surface area contributed by atoms with Crippen molar-refractivity contribution >= 4 is 34.1 Å². The van der Waals surface area contributed by atoms with Gasteiger partial charge in [0.1, 0.15) is 5.01 Å². The van der Waals surface area contributed by atoms with Crippen LogP contribution in [0.2, 0.25) is 0 Å². The number of nitrogens with one attached hydrogen (secondary N) is 1. The second kappa shape index (κ2) is 8.62. The molecule has 0 radical (unpaired) electrons. The Bertz CT molecular complexity index is 680. The van der Waals surface area contributed by atoms with Gasteiger partial charge >= 0.3 is 0 Å². The summed E-state index contributed by atoms with van der Waals surface area (Å²) in [5.74, 6) is 1.82. The molecule has 1 saturated carbocycles. The van der Waals surface area contributed by atoms with Crippen LogP contribution in [0.15, 0.2) is 24.3 Å². The maximum atomic E-state index is 12.1. The van der Waals surface area contributed by atoms with Gasteiger partial charge in [-0.15, -0.1) is 22.0 Å². The summed E-state index contributed by atoms with van der Waals surface area (Å²) >= 11 is 3.16. The van der Waals surface area contributed by atoms with E-state index in [1.807, 2.05) is 0 Å². The minimum absolute atomic E-state index is 0.000928. The summed E-state index contributed by atoms with van der Waals surface area (Å²) < 4.78 is 0. The molecule has 1 aliphatic rings. The highest BCUT2D eigenvalue weighted by molar-refractivity contribution is 7.99. The van der Waals surface area contributed by atoms with Crippen LogP contribution in [-0.4, -0.2) is 21.9 Å². The Morgan fingerprint density at radius 2 is 2.12 bits per heavy atom. The van der Waals surface area contributed by atoms with Crippen LogP contribution in [0.3, 0.4) is 0 Å². The van der Waals surface area contributed by atoms with E-state index in [-0.39, 0.29) is 5.91 Å². The molecule has 0 atom stereocenters. The van der Waals surface area contributed by atoms with Crippen LogP contribution < -0.4 is 5.32 Å². The largest absolute Gasteiger partial charge is 0.300 e. The molecule has 3 rings (SSSR count). The Morgan fingerprint density at radius 1 is 1.29 bits per heavy atom. The number of aryl methyl sites for hydroxylation is 1. The van der Waals surface area contributed by atoms with Crippen molar-refractivity contribution < 1.29 is 4.79 Å². The highest BCUT2D eigenvalue weighted by atomic mass is 32.2. The molecule has 1 aliphatic carbocycles. The summed E-state index contributed by atoms with van der Waals surface area (Å²) in [6, 6.07) is 8.39. The van der Waals surface area contributed by atoms with Gasteiger partial charge in [0.05, 0.1) is 5.75 Å². The summed E-state index contributed by atoms with van der Waals surface area (Å²) in [7, 11) is 0. The number of hydrogen-bond acceptors (Lipinski definition) is 5. The number of hydrogen-bond donors (Lipinski definition) is 1. The van der Waals surface area contributed by atoms with Crippen molar-refractivity contribution in [3.8, 4) is 0 Å². The van der Waals surface area contributed by atoms with E-state index in [0.29, 0.717) is 16.8 Å². The van der Waals surface area contributed by atoms with Crippen molar-refractivity contribution in [2.24, 2.45) is 0 Å². The van der Waals surface area contributed by atoms with Crippen LogP contribution in [0.4, 0.5) is 5.13 Å². The smallest absolute Gasteiger partial charge is 0.236 e. The Kier molecular flexibility index (Phi) is 6.26. The van der Waals surface area contributed by atoms with Gasteiger partial charge < -0.3 is 0 Å². The molecule has 1 amide bonds. The van der Waals surface area contributed by atoms with Gasteiger partial charge in [0, 0.05) is 11.7 Å². The molecule has 24 heavy (non-hydrogen) atoms. The first-order valence-electron chi connectivity index (χ1n) is 8.47. The molecule has 0 aliphatic heterocycles. The molecule has 128 valence electrons. The second-order valence-corrected chi connectivity index (χ2v) is 8.31. The molecule has 1 N–H and O–H groups in total. The summed E-state index contributed by atoms with van der Waals surface area (Å²) in [4.78, 5) is 12.1. The normalized spacial score (nSPS) is 15.4. The highest BCUT2D eigenvalue weighted by Gasteiger charge is 2.20. The quantitative estimate of drug-likeness (QED) is 0.805. The Labute approximate surface area is 151 Å². The van der Waals surface area contributed by atoms with E-state index >= 15 is 0 Å². The van der Waals surface area contributed by atoms with Gasteiger partial charge in [-0.1, -0.05) is 60.4 Å². The second-order valence-electron chi connectivity index (χ2n) is 6.31. The number of thioether (sulfide) groups is 1. The van der Waals surface area contributed by atoms with Crippen molar-refractivity contribution in [2.75, 3.05) is 11.1 Å². The van der Waals surface area contributed by atoms with Crippen molar-refractivity contribution in [3.63, 3.8) is 0 Å². The number of carbonyl (C=O) groups excluding carboxylic acids is 1. The van der Waals surface area contributed by atoms with Crippen LogP contribution in [0, 0.1) is 6.92 Å². The molecule has 0 bridgehead atoms. The molecule has 1 aromatic heterocycles. The zero-order valence-corrected chi connectivity index (χ0v) is 15.6. The van der Waals surface area contributed by atoms with Crippen molar-refractivity contribution in [1.82, 2.24) is 10.2 Å². The van der Waals surface area contributed by atoms with E-state index < -0.39 is 0 Å². The maximum absolute atomic E-state index is 12.1. The number of nitrogens with zero attached hydrogens (tertiary/aromatic N) is 2. The first-order valence-corrected chi connectivity index (χ1v) is 10.4. The third kappa shape index (κ3) is 5.05. The third-order valence-corrected chi connectivity index (χ3v) is 6.23. The van der Waals surface area contributed by atoms with Crippen molar-refractivity contribution in [3.05, 3.63) is 40.4 Å². The number of rotatable bonds is 6. The molecule has 0 unspecified atom stereocenters. The van der Waals surface area contributed by atoms with Gasteiger partial charge in [-0.25, -0.2) is 0 Å². The third-order valence-electron chi connectivity index (χ3n) is 4.23. The molecule has 1 fully saturated rings. The summed E-state index contributed by atoms with van der Waals surface area (Å²) in [6.07, 6.45) is 6.30. The zero-order chi connectivity index (χ0) is 16.8. The van der Waals surface area contributed by atoms with E-state index in [2.05, 4.69) is 46.7 Å². The molecule has 4 nitrogen and oxygen atoms in total. The Balaban J connectivity index is 1.44. The number of carbonyl (C=O) groups is 1. The van der Waals surface area contributed by atoms with Gasteiger partial charge in [0.2, 0.25) is 11.0 Å². The van der Waals surface area contributed by atoms with Crippen LogP contribution >= 0.6 is 23.1 Å². The minimum atomic E-state index is -0.000928. The Morgan fingerprint density at radius 3 is 2.92 bits per heavy atom. The van der Waals surface area contributed by atoms with Gasteiger partial charge in [0.25, 0.3) is 0 Å². The fraction of sp³-hybridized carbons (Fsp3) is 0.500. The fourth-order valence-electron chi connectivity index (χ4n) is 3.02. The lowest BCUT2D eigenvalue weighted by Crippen LogP contribution is -2.14. The van der Waals surface area contributed by atoms with E-state index in [1.54, 1.807) is 11.8 Å². The molecule has 0 spiro atoms. The average Bonchev–Trinajstić information content (AvgIpc) is 3.04. The predicted octanol–water partition coefficient (Wildman–Crippen LogP) is 4.77. The zero-order valence-electron chi connectivity index (χ0n) is 14.0.